The van der Waals surface area contributed by atoms with Crippen LogP contribution >= 0.6 is 0 Å². The lowest BCUT2D eigenvalue weighted by molar-refractivity contribution is 0.408. The van der Waals surface area contributed by atoms with Crippen LogP contribution in [0.5, 0.6) is 0 Å². The maximum absolute atomic E-state index is 13.5. The smallest absolute Gasteiger partial charge is 0.213 e. The van der Waals surface area contributed by atoms with Gasteiger partial charge in [0.15, 0.2) is 5.65 Å². The molecule has 4 aromatic heterocycles. The number of halogens is 1. The van der Waals surface area contributed by atoms with Crippen LogP contribution in [0.15, 0.2) is 55.2 Å². The number of aromatic amines is 1. The van der Waals surface area contributed by atoms with Gasteiger partial charge in [-0.1, -0.05) is 6.07 Å². The number of benzene rings is 1. The van der Waals surface area contributed by atoms with Crippen LogP contribution in [0.2, 0.25) is 0 Å². The molecule has 1 N–H and O–H groups in total. The fraction of sp³-hybridized carbons (Fsp3) is 0.182. The lowest BCUT2D eigenvalue weighted by atomic mass is 10.1. The highest BCUT2D eigenvalue weighted by atomic mass is 19.1. The molecular formula is C22H19FN6. The first-order valence-electron chi connectivity index (χ1n) is 9.34. The topological polar surface area (TPSA) is 72.3 Å². The zero-order valence-electron chi connectivity index (χ0n) is 16.3. The summed E-state index contributed by atoms with van der Waals surface area (Å²) in [5, 5.41) is 0. The zero-order chi connectivity index (χ0) is 20.2. The molecule has 0 fully saturated rings. The third kappa shape index (κ3) is 2.95. The Kier molecular flexibility index (Phi) is 3.74. The van der Waals surface area contributed by atoms with E-state index in [2.05, 4.69) is 51.3 Å². The number of rotatable bonds is 2. The Hall–Kier alpha value is -3.61. The van der Waals surface area contributed by atoms with Crippen molar-refractivity contribution in [3.8, 4) is 22.4 Å². The van der Waals surface area contributed by atoms with Crippen molar-refractivity contribution in [2.75, 3.05) is 0 Å². The van der Waals surface area contributed by atoms with E-state index in [4.69, 9.17) is 4.98 Å². The Bertz CT molecular complexity index is 1360. The Labute approximate surface area is 166 Å². The van der Waals surface area contributed by atoms with E-state index in [1.807, 2.05) is 24.7 Å². The van der Waals surface area contributed by atoms with Gasteiger partial charge < -0.3 is 9.55 Å². The van der Waals surface area contributed by atoms with E-state index in [0.29, 0.717) is 16.9 Å². The van der Waals surface area contributed by atoms with E-state index in [0.717, 1.165) is 27.7 Å². The molecule has 5 rings (SSSR count). The Morgan fingerprint density at radius 2 is 1.86 bits per heavy atom. The minimum absolute atomic E-state index is 0.0774. The van der Waals surface area contributed by atoms with Gasteiger partial charge in [-0.3, -0.25) is 0 Å². The molecule has 0 saturated carbocycles. The zero-order valence-corrected chi connectivity index (χ0v) is 16.3. The van der Waals surface area contributed by atoms with Crippen LogP contribution in [0.4, 0.5) is 4.39 Å². The SMILES string of the molecule is CC(C)(C)n1cnc2ccc(-c3c[nH]c4ncc(-c5ccnc(F)c5)nc34)cc21. The summed E-state index contributed by atoms with van der Waals surface area (Å²) in [6.45, 7) is 6.45. The molecule has 0 bridgehead atoms. The van der Waals surface area contributed by atoms with Gasteiger partial charge >= 0.3 is 0 Å². The van der Waals surface area contributed by atoms with Crippen molar-refractivity contribution in [1.29, 1.82) is 0 Å². The molecule has 0 spiro atoms. The van der Waals surface area contributed by atoms with E-state index in [-0.39, 0.29) is 5.54 Å². The summed E-state index contributed by atoms with van der Waals surface area (Å²) in [5.74, 6) is -0.542. The second-order valence-electron chi connectivity index (χ2n) is 8.01. The number of hydrogen-bond acceptors (Lipinski definition) is 4. The van der Waals surface area contributed by atoms with E-state index in [1.165, 1.54) is 12.3 Å². The molecule has 0 aliphatic heterocycles. The first kappa shape index (κ1) is 17.5. The van der Waals surface area contributed by atoms with Gasteiger partial charge in [-0.25, -0.2) is 19.9 Å². The maximum atomic E-state index is 13.5. The molecule has 0 amide bonds. The van der Waals surface area contributed by atoms with Crippen LogP contribution in [-0.2, 0) is 5.54 Å². The van der Waals surface area contributed by atoms with Crippen molar-refractivity contribution < 1.29 is 4.39 Å². The normalized spacial score (nSPS) is 12.1. The summed E-state index contributed by atoms with van der Waals surface area (Å²) in [4.78, 5) is 20.5. The summed E-state index contributed by atoms with van der Waals surface area (Å²) in [7, 11) is 0. The molecule has 0 aliphatic rings. The Morgan fingerprint density at radius 3 is 2.66 bits per heavy atom. The van der Waals surface area contributed by atoms with Crippen LogP contribution in [0.25, 0.3) is 44.6 Å². The predicted molar refractivity (Wildman–Crippen MR) is 111 cm³/mol. The number of nitrogens with zero attached hydrogens (tertiary/aromatic N) is 5. The molecule has 29 heavy (non-hydrogen) atoms. The highest BCUT2D eigenvalue weighted by molar-refractivity contribution is 5.94. The molecule has 7 heteroatoms. The summed E-state index contributed by atoms with van der Waals surface area (Å²) in [5.41, 5.74) is 6.54. The van der Waals surface area contributed by atoms with Gasteiger partial charge in [-0.15, -0.1) is 0 Å². The highest BCUT2D eigenvalue weighted by Crippen LogP contribution is 2.31. The Morgan fingerprint density at radius 1 is 1.00 bits per heavy atom. The molecular weight excluding hydrogens is 367 g/mol. The first-order chi connectivity index (χ1) is 13.9. The van der Waals surface area contributed by atoms with E-state index >= 15 is 0 Å². The van der Waals surface area contributed by atoms with Crippen LogP contribution < -0.4 is 0 Å². The summed E-state index contributed by atoms with van der Waals surface area (Å²) in [6, 6.07) is 9.25. The number of imidazole rings is 1. The number of aromatic nitrogens is 6. The monoisotopic (exact) mass is 386 g/mol. The second-order valence-corrected chi connectivity index (χ2v) is 8.01. The van der Waals surface area contributed by atoms with Crippen molar-refractivity contribution >= 4 is 22.2 Å². The molecule has 0 aliphatic carbocycles. The highest BCUT2D eigenvalue weighted by Gasteiger charge is 2.18. The van der Waals surface area contributed by atoms with Crippen molar-refractivity contribution in [3.63, 3.8) is 0 Å². The number of hydrogen-bond donors (Lipinski definition) is 1. The van der Waals surface area contributed by atoms with Crippen molar-refractivity contribution in [2.45, 2.75) is 26.3 Å². The molecule has 0 radical (unpaired) electrons. The van der Waals surface area contributed by atoms with Gasteiger partial charge in [0.05, 0.1) is 29.3 Å². The van der Waals surface area contributed by atoms with Crippen molar-refractivity contribution in [3.05, 3.63) is 61.2 Å². The van der Waals surface area contributed by atoms with Crippen LogP contribution in [0.3, 0.4) is 0 Å². The molecule has 0 atom stereocenters. The lowest BCUT2D eigenvalue weighted by Crippen LogP contribution is -2.20. The molecule has 0 saturated heterocycles. The maximum Gasteiger partial charge on any atom is 0.213 e. The minimum Gasteiger partial charge on any atom is -0.344 e. The van der Waals surface area contributed by atoms with Gasteiger partial charge in [0.2, 0.25) is 5.95 Å². The second kappa shape index (κ2) is 6.20. The quantitative estimate of drug-likeness (QED) is 0.437. The summed E-state index contributed by atoms with van der Waals surface area (Å²) in [6.07, 6.45) is 6.84. The van der Waals surface area contributed by atoms with Crippen LogP contribution in [-0.4, -0.2) is 29.5 Å². The van der Waals surface area contributed by atoms with E-state index in [9.17, 15) is 4.39 Å². The number of fused-ring (bicyclic) bond motifs is 2. The molecule has 4 heterocycles. The fourth-order valence-electron chi connectivity index (χ4n) is 3.52. The molecule has 5 aromatic rings. The lowest BCUT2D eigenvalue weighted by Gasteiger charge is -2.21. The van der Waals surface area contributed by atoms with Crippen molar-refractivity contribution in [2.24, 2.45) is 0 Å². The number of pyridine rings is 1. The van der Waals surface area contributed by atoms with E-state index < -0.39 is 5.95 Å². The van der Waals surface area contributed by atoms with Crippen molar-refractivity contribution in [1.82, 2.24) is 29.5 Å². The average molecular weight is 386 g/mol. The van der Waals surface area contributed by atoms with Crippen LogP contribution in [0, 0.1) is 5.95 Å². The van der Waals surface area contributed by atoms with Crippen LogP contribution in [0.1, 0.15) is 20.8 Å². The Balaban J connectivity index is 1.68. The molecule has 6 nitrogen and oxygen atoms in total. The third-order valence-electron chi connectivity index (χ3n) is 4.98. The fourth-order valence-corrected chi connectivity index (χ4v) is 3.52. The van der Waals surface area contributed by atoms with Gasteiger partial charge in [-0.2, -0.15) is 4.39 Å². The molecule has 0 unspecified atom stereocenters. The predicted octanol–water partition coefficient (Wildman–Crippen LogP) is 4.93. The summed E-state index contributed by atoms with van der Waals surface area (Å²) < 4.78 is 15.7. The van der Waals surface area contributed by atoms with Gasteiger partial charge in [0.1, 0.15) is 5.52 Å². The average Bonchev–Trinajstić information content (AvgIpc) is 3.30. The van der Waals surface area contributed by atoms with Gasteiger partial charge in [0, 0.05) is 35.1 Å². The number of nitrogens with one attached hydrogen (secondary N) is 1. The van der Waals surface area contributed by atoms with Gasteiger partial charge in [0.25, 0.3) is 0 Å². The standard InChI is InChI=1S/C22H19FN6/c1-22(2,3)29-12-27-16-5-4-13(8-18(16)29)15-10-25-21-20(15)28-17(11-26-21)14-6-7-24-19(23)9-14/h4-12H,1-3H3,(H,25,26). The third-order valence-corrected chi connectivity index (χ3v) is 4.98. The first-order valence-corrected chi connectivity index (χ1v) is 9.34. The van der Waals surface area contributed by atoms with Gasteiger partial charge in [-0.05, 0) is 44.5 Å². The van der Waals surface area contributed by atoms with E-state index in [1.54, 1.807) is 12.3 Å². The minimum atomic E-state index is -0.542. The summed E-state index contributed by atoms with van der Waals surface area (Å²) >= 11 is 0. The molecule has 144 valence electrons. The number of H-pyrrole nitrogens is 1. The molecule has 1 aromatic carbocycles. The largest absolute Gasteiger partial charge is 0.344 e.